The van der Waals surface area contributed by atoms with Crippen molar-refractivity contribution in [2.75, 3.05) is 6.61 Å². The summed E-state index contributed by atoms with van der Waals surface area (Å²) in [7, 11) is 0. The normalized spacial score (nSPS) is 15.4. The van der Waals surface area contributed by atoms with Crippen molar-refractivity contribution in [2.24, 2.45) is 4.99 Å². The maximum absolute atomic E-state index is 12.2. The van der Waals surface area contributed by atoms with Crippen LogP contribution in [0.2, 0.25) is 5.15 Å². The fourth-order valence-electron chi connectivity index (χ4n) is 2.60. The van der Waals surface area contributed by atoms with Gasteiger partial charge in [0.1, 0.15) is 5.75 Å². The Morgan fingerprint density at radius 1 is 1.33 bits per heavy atom. The van der Waals surface area contributed by atoms with E-state index >= 15 is 0 Å². The topological polar surface area (TPSA) is 65.2 Å². The van der Waals surface area contributed by atoms with Gasteiger partial charge in [-0.15, -0.1) is 11.3 Å². The molecule has 1 aliphatic rings. The highest BCUT2D eigenvalue weighted by molar-refractivity contribution is 7.15. The standard InChI is InChI=1S/C19H16ClN3O3S/c1-2-3-9-25-13-6-4-12(5-7-13)17-21-14(18(24)26-17)11-15-16(20)22-19-23(15)8-10-27-19/h4-8,10-11H,2-3,9H2,1H3/b14-11-. The second-order valence-corrected chi connectivity index (χ2v) is 7.14. The molecule has 1 aromatic carbocycles. The number of benzene rings is 1. The average Bonchev–Trinajstić information content (AvgIpc) is 3.33. The number of rotatable bonds is 6. The molecule has 27 heavy (non-hydrogen) atoms. The largest absolute Gasteiger partial charge is 0.494 e. The molecule has 8 heteroatoms. The van der Waals surface area contributed by atoms with E-state index in [9.17, 15) is 4.79 Å². The van der Waals surface area contributed by atoms with E-state index < -0.39 is 5.97 Å². The van der Waals surface area contributed by atoms with E-state index in [0.717, 1.165) is 23.6 Å². The number of ether oxygens (including phenoxy) is 2. The Morgan fingerprint density at radius 3 is 2.93 bits per heavy atom. The quantitative estimate of drug-likeness (QED) is 0.344. The van der Waals surface area contributed by atoms with E-state index in [1.54, 1.807) is 6.08 Å². The summed E-state index contributed by atoms with van der Waals surface area (Å²) in [6.45, 7) is 2.80. The highest BCUT2D eigenvalue weighted by Gasteiger charge is 2.25. The molecule has 1 aliphatic heterocycles. The summed E-state index contributed by atoms with van der Waals surface area (Å²) in [5.41, 5.74) is 1.49. The van der Waals surface area contributed by atoms with Crippen LogP contribution in [0, 0.1) is 0 Å². The van der Waals surface area contributed by atoms with Crippen LogP contribution in [-0.2, 0) is 9.53 Å². The second kappa shape index (κ2) is 7.54. The highest BCUT2D eigenvalue weighted by atomic mass is 35.5. The summed E-state index contributed by atoms with van der Waals surface area (Å²) >= 11 is 7.63. The predicted octanol–water partition coefficient (Wildman–Crippen LogP) is 4.57. The summed E-state index contributed by atoms with van der Waals surface area (Å²) in [4.78, 5) is 21.5. The second-order valence-electron chi connectivity index (χ2n) is 5.91. The Kier molecular flexibility index (Phi) is 4.96. The summed E-state index contributed by atoms with van der Waals surface area (Å²) in [5.74, 6) is 0.516. The van der Waals surface area contributed by atoms with Crippen LogP contribution >= 0.6 is 22.9 Å². The minimum absolute atomic E-state index is 0.183. The maximum atomic E-state index is 12.2. The van der Waals surface area contributed by atoms with Crippen LogP contribution in [0.4, 0.5) is 0 Å². The van der Waals surface area contributed by atoms with E-state index in [1.165, 1.54) is 11.3 Å². The van der Waals surface area contributed by atoms with Crippen molar-refractivity contribution in [3.63, 3.8) is 0 Å². The lowest BCUT2D eigenvalue weighted by Gasteiger charge is -2.05. The number of halogens is 1. The van der Waals surface area contributed by atoms with Crippen molar-refractivity contribution < 1.29 is 14.3 Å². The number of esters is 1. The highest BCUT2D eigenvalue weighted by Crippen LogP contribution is 2.26. The van der Waals surface area contributed by atoms with Gasteiger partial charge in [-0.1, -0.05) is 24.9 Å². The molecule has 0 aliphatic carbocycles. The first kappa shape index (κ1) is 17.8. The summed E-state index contributed by atoms with van der Waals surface area (Å²) < 4.78 is 12.8. The van der Waals surface area contributed by atoms with Crippen molar-refractivity contribution in [3.8, 4) is 5.75 Å². The lowest BCUT2D eigenvalue weighted by molar-refractivity contribution is -0.129. The van der Waals surface area contributed by atoms with Crippen molar-refractivity contribution in [2.45, 2.75) is 19.8 Å². The molecule has 0 saturated heterocycles. The number of cyclic esters (lactones) is 1. The Labute approximate surface area is 164 Å². The first-order valence-electron chi connectivity index (χ1n) is 8.52. The minimum atomic E-state index is -0.519. The molecular weight excluding hydrogens is 386 g/mol. The van der Waals surface area contributed by atoms with Gasteiger partial charge in [0.05, 0.1) is 12.3 Å². The van der Waals surface area contributed by atoms with Crippen LogP contribution in [0.15, 0.2) is 46.5 Å². The van der Waals surface area contributed by atoms with E-state index in [0.29, 0.717) is 23.0 Å². The third-order valence-corrected chi connectivity index (χ3v) is 5.05. The van der Waals surface area contributed by atoms with Crippen molar-refractivity contribution in [1.29, 1.82) is 0 Å². The molecule has 0 unspecified atom stereocenters. The summed E-state index contributed by atoms with van der Waals surface area (Å²) in [6.07, 6.45) is 5.52. The van der Waals surface area contributed by atoms with Gasteiger partial charge < -0.3 is 9.47 Å². The molecule has 4 rings (SSSR count). The van der Waals surface area contributed by atoms with Crippen LogP contribution in [-0.4, -0.2) is 27.9 Å². The predicted molar refractivity (Wildman–Crippen MR) is 106 cm³/mol. The number of carbonyl (C=O) groups is 1. The van der Waals surface area contributed by atoms with Crippen LogP contribution in [0.3, 0.4) is 0 Å². The number of hydrogen-bond donors (Lipinski definition) is 0. The van der Waals surface area contributed by atoms with Gasteiger partial charge in [-0.2, -0.15) is 0 Å². The first-order chi connectivity index (χ1) is 13.2. The molecular formula is C19H16ClN3O3S. The van der Waals surface area contributed by atoms with Gasteiger partial charge in [-0.05, 0) is 36.8 Å². The third kappa shape index (κ3) is 3.61. The van der Waals surface area contributed by atoms with E-state index in [-0.39, 0.29) is 11.6 Å². The molecule has 0 bridgehead atoms. The average molecular weight is 402 g/mol. The number of aromatic nitrogens is 2. The Balaban J connectivity index is 1.58. The SMILES string of the molecule is CCCCOc1ccc(C2=N/C(=C\c3c(Cl)nc4sccn34)C(=O)O2)cc1. The van der Waals surface area contributed by atoms with Gasteiger partial charge in [0.25, 0.3) is 0 Å². The molecule has 6 nitrogen and oxygen atoms in total. The minimum Gasteiger partial charge on any atom is -0.494 e. The molecule has 3 aromatic rings. The zero-order chi connectivity index (χ0) is 18.8. The molecule has 0 saturated carbocycles. The summed E-state index contributed by atoms with van der Waals surface area (Å²) in [5, 5.41) is 2.21. The number of hydrogen-bond acceptors (Lipinski definition) is 6. The lowest BCUT2D eigenvalue weighted by Crippen LogP contribution is -2.05. The van der Waals surface area contributed by atoms with Crippen molar-refractivity contribution in [1.82, 2.24) is 9.38 Å². The number of carbonyl (C=O) groups excluding carboxylic acids is 1. The van der Waals surface area contributed by atoms with Gasteiger partial charge in [-0.25, -0.2) is 14.8 Å². The fourth-order valence-corrected chi connectivity index (χ4v) is 3.59. The number of aliphatic imine (C=N–C) groups is 1. The number of fused-ring (bicyclic) bond motifs is 1. The van der Waals surface area contributed by atoms with Gasteiger partial charge in [0, 0.05) is 17.1 Å². The molecule has 138 valence electrons. The monoisotopic (exact) mass is 401 g/mol. The molecule has 0 N–H and O–H groups in total. The first-order valence-corrected chi connectivity index (χ1v) is 9.78. The molecule has 0 fully saturated rings. The number of thiazole rings is 1. The van der Waals surface area contributed by atoms with E-state index in [2.05, 4.69) is 16.9 Å². The van der Waals surface area contributed by atoms with E-state index in [1.807, 2.05) is 40.2 Å². The van der Waals surface area contributed by atoms with Crippen LogP contribution < -0.4 is 4.74 Å². The smallest absolute Gasteiger partial charge is 0.363 e. The van der Waals surface area contributed by atoms with Crippen molar-refractivity contribution in [3.05, 3.63) is 57.9 Å². The summed E-state index contributed by atoms with van der Waals surface area (Å²) in [6, 6.07) is 7.32. The number of nitrogens with zero attached hydrogens (tertiary/aromatic N) is 3. The third-order valence-electron chi connectivity index (χ3n) is 4.02. The molecule has 2 aromatic heterocycles. The maximum Gasteiger partial charge on any atom is 0.363 e. The lowest BCUT2D eigenvalue weighted by atomic mass is 10.2. The molecule has 0 amide bonds. The van der Waals surface area contributed by atoms with Gasteiger partial charge in [-0.3, -0.25) is 4.40 Å². The van der Waals surface area contributed by atoms with E-state index in [4.69, 9.17) is 21.1 Å². The van der Waals surface area contributed by atoms with Gasteiger partial charge in [0.15, 0.2) is 15.8 Å². The molecule has 0 spiro atoms. The number of imidazole rings is 1. The van der Waals surface area contributed by atoms with Crippen LogP contribution in [0.25, 0.3) is 11.0 Å². The zero-order valence-electron chi connectivity index (χ0n) is 14.5. The Bertz CT molecular complexity index is 1050. The van der Waals surface area contributed by atoms with Crippen LogP contribution in [0.1, 0.15) is 31.0 Å². The zero-order valence-corrected chi connectivity index (χ0v) is 16.1. The molecule has 0 atom stereocenters. The number of unbranched alkanes of at least 4 members (excludes halogenated alkanes) is 1. The molecule has 3 heterocycles. The Morgan fingerprint density at radius 2 is 2.15 bits per heavy atom. The Hall–Kier alpha value is -2.64. The van der Waals surface area contributed by atoms with Crippen molar-refractivity contribution >= 4 is 45.8 Å². The van der Waals surface area contributed by atoms with Gasteiger partial charge >= 0.3 is 5.97 Å². The van der Waals surface area contributed by atoms with Crippen LogP contribution in [0.5, 0.6) is 5.75 Å². The molecule has 0 radical (unpaired) electrons. The fraction of sp³-hybridized carbons (Fsp3) is 0.211. The van der Waals surface area contributed by atoms with Gasteiger partial charge in [0.2, 0.25) is 5.90 Å².